The average molecular weight is 699 g/mol. The minimum atomic E-state index is -1.98. The molecule has 18 nitrogen and oxygen atoms in total. The van der Waals surface area contributed by atoms with Crippen molar-refractivity contribution in [2.45, 2.75) is 68.3 Å². The van der Waals surface area contributed by atoms with E-state index in [1.807, 2.05) is 0 Å². The summed E-state index contributed by atoms with van der Waals surface area (Å²) in [6.07, 6.45) is -16.2. The van der Waals surface area contributed by atoms with Gasteiger partial charge in [0.05, 0.1) is 25.9 Å². The molecule has 0 spiro atoms. The average Bonchev–Trinajstić information content (AvgIpc) is 3.08. The Labute approximate surface area is 277 Å². The molecular weight excluding hydrogens is 660 g/mol. The van der Waals surface area contributed by atoms with Crippen molar-refractivity contribution < 1.29 is 83.9 Å². The van der Waals surface area contributed by atoms with E-state index in [4.69, 9.17) is 32.8 Å². The van der Waals surface area contributed by atoms with Gasteiger partial charge in [0.15, 0.2) is 23.5 Å². The first-order chi connectivity index (χ1) is 23.4. The van der Waals surface area contributed by atoms with E-state index in [9.17, 15) is 55.9 Å². The molecule has 270 valence electrons. The van der Waals surface area contributed by atoms with E-state index in [0.717, 1.165) is 12.1 Å². The number of benzene rings is 2. The second kappa shape index (κ2) is 15.4. The van der Waals surface area contributed by atoms with Crippen LogP contribution in [0.3, 0.4) is 0 Å². The number of phenols is 2. The summed E-state index contributed by atoms with van der Waals surface area (Å²) in [6.45, 7) is -0.485. The standard InChI is InChI=1S/C31H38O18/c1-12-21(36)24(39)26(41)30(46-12)45-11-19-22(37)25(40)27(42)31(48-19)49-29-23(38)20-17(44-7-5-33)9-14(34)10-18(20)47-28(29)13-2-3-15(35)16(8-13)43-6-4-32/h2-3,8-10,12,19,21-22,24-27,30-37,39-42H,4-7,11H2,1H3/t12-,19+,21-,22+,24+,25-,26+,27+,30+,31-/m0/s1. The molecule has 10 atom stereocenters. The van der Waals surface area contributed by atoms with Crippen LogP contribution in [0.5, 0.6) is 28.7 Å². The van der Waals surface area contributed by atoms with Gasteiger partial charge in [-0.2, -0.15) is 0 Å². The quantitative estimate of drug-likeness (QED) is 0.0947. The smallest absolute Gasteiger partial charge is 0.239 e. The van der Waals surface area contributed by atoms with Crippen LogP contribution in [0.25, 0.3) is 22.3 Å². The number of rotatable bonds is 12. The zero-order valence-electron chi connectivity index (χ0n) is 25.9. The number of phenolic OH excluding ortho intramolecular Hbond substituents is 2. The summed E-state index contributed by atoms with van der Waals surface area (Å²) in [4.78, 5) is 14.1. The van der Waals surface area contributed by atoms with Crippen LogP contribution >= 0.6 is 0 Å². The molecule has 2 fully saturated rings. The number of aromatic hydroxyl groups is 2. The Hall–Kier alpha value is -3.79. The molecule has 0 unspecified atom stereocenters. The highest BCUT2D eigenvalue weighted by atomic mass is 16.7. The molecule has 2 saturated heterocycles. The zero-order chi connectivity index (χ0) is 35.6. The molecule has 2 aliphatic heterocycles. The monoisotopic (exact) mass is 698 g/mol. The Morgan fingerprint density at radius 3 is 2.10 bits per heavy atom. The van der Waals surface area contributed by atoms with E-state index in [2.05, 4.69) is 0 Å². The molecule has 3 heterocycles. The van der Waals surface area contributed by atoms with Crippen molar-refractivity contribution in [2.24, 2.45) is 0 Å². The van der Waals surface area contributed by atoms with Crippen LogP contribution in [0.15, 0.2) is 39.5 Å². The number of hydrogen-bond acceptors (Lipinski definition) is 18. The first-order valence-corrected chi connectivity index (χ1v) is 15.2. The lowest BCUT2D eigenvalue weighted by molar-refractivity contribution is -0.318. The van der Waals surface area contributed by atoms with Gasteiger partial charge in [0.2, 0.25) is 17.5 Å². The van der Waals surface area contributed by atoms with Gasteiger partial charge in [0, 0.05) is 17.7 Å². The van der Waals surface area contributed by atoms with Gasteiger partial charge in [-0.25, -0.2) is 0 Å². The van der Waals surface area contributed by atoms with Gasteiger partial charge in [-0.15, -0.1) is 0 Å². The highest BCUT2D eigenvalue weighted by Crippen LogP contribution is 2.40. The van der Waals surface area contributed by atoms with E-state index in [0.29, 0.717) is 0 Å². The zero-order valence-corrected chi connectivity index (χ0v) is 25.9. The van der Waals surface area contributed by atoms with Crippen molar-refractivity contribution in [3.63, 3.8) is 0 Å². The second-order valence-electron chi connectivity index (χ2n) is 11.4. The van der Waals surface area contributed by atoms with E-state index in [1.165, 1.54) is 25.1 Å². The molecule has 0 bridgehead atoms. The Bertz CT molecular complexity index is 1640. The first kappa shape index (κ1) is 36.5. The van der Waals surface area contributed by atoms with E-state index in [1.54, 1.807) is 0 Å². The van der Waals surface area contributed by atoms with Crippen LogP contribution in [0, 0.1) is 0 Å². The molecule has 0 saturated carbocycles. The topological polar surface area (TPSA) is 288 Å². The van der Waals surface area contributed by atoms with E-state index >= 15 is 0 Å². The SMILES string of the molecule is C[C@@H]1O[C@@H](OC[C@H]2O[C@@H](Oc3c(-c4ccc(O)c(OCCO)c4)oc4cc(O)cc(OCCO)c4c3=O)[C@H](O)[C@@H](O)[C@@H]2O)[C@H](O)[C@H](O)[C@H]1O. The molecule has 3 aromatic rings. The van der Waals surface area contributed by atoms with Crippen LogP contribution in [0.1, 0.15) is 6.92 Å². The molecule has 0 amide bonds. The third kappa shape index (κ3) is 7.54. The van der Waals surface area contributed by atoms with Crippen molar-refractivity contribution in [3.05, 3.63) is 40.6 Å². The van der Waals surface area contributed by atoms with Crippen LogP contribution < -0.4 is 19.6 Å². The molecular formula is C31H38O18. The molecule has 5 rings (SSSR count). The normalized spacial score (nSPS) is 30.3. The summed E-state index contributed by atoms with van der Waals surface area (Å²) in [6, 6.07) is 5.98. The lowest BCUT2D eigenvalue weighted by atomic mass is 9.98. The minimum absolute atomic E-state index is 0.0602. The van der Waals surface area contributed by atoms with Crippen molar-refractivity contribution >= 4 is 11.0 Å². The summed E-state index contributed by atoms with van der Waals surface area (Å²) in [5.41, 5.74) is -1.07. The lowest BCUT2D eigenvalue weighted by Gasteiger charge is -2.42. The second-order valence-corrected chi connectivity index (χ2v) is 11.4. The molecule has 1 aromatic heterocycles. The highest BCUT2D eigenvalue weighted by Gasteiger charge is 2.48. The predicted octanol–water partition coefficient (Wildman–Crippen LogP) is -2.36. The molecule has 0 radical (unpaired) electrons. The Morgan fingerprint density at radius 2 is 1.41 bits per heavy atom. The Morgan fingerprint density at radius 1 is 0.755 bits per heavy atom. The first-order valence-electron chi connectivity index (χ1n) is 15.2. The molecule has 0 aliphatic carbocycles. The number of aliphatic hydroxyl groups is 8. The number of fused-ring (bicyclic) bond motifs is 1. The van der Waals surface area contributed by atoms with Crippen LogP contribution in [-0.4, -0.2) is 146 Å². The van der Waals surface area contributed by atoms with Crippen LogP contribution in [0.2, 0.25) is 0 Å². The Kier molecular flexibility index (Phi) is 11.5. The van der Waals surface area contributed by atoms with Gasteiger partial charge in [-0.05, 0) is 25.1 Å². The van der Waals surface area contributed by atoms with Crippen molar-refractivity contribution in [2.75, 3.05) is 33.0 Å². The van der Waals surface area contributed by atoms with Gasteiger partial charge in [-0.1, -0.05) is 0 Å². The maximum Gasteiger partial charge on any atom is 0.239 e. The minimum Gasteiger partial charge on any atom is -0.508 e. The van der Waals surface area contributed by atoms with Gasteiger partial charge >= 0.3 is 0 Å². The fourth-order valence-electron chi connectivity index (χ4n) is 5.35. The summed E-state index contributed by atoms with van der Waals surface area (Å²) in [7, 11) is 0. The van der Waals surface area contributed by atoms with E-state index < -0.39 is 85.8 Å². The summed E-state index contributed by atoms with van der Waals surface area (Å²) in [5.74, 6) is -1.98. The molecule has 18 heteroatoms. The maximum absolute atomic E-state index is 14.1. The van der Waals surface area contributed by atoms with Gasteiger partial charge in [-0.3, -0.25) is 4.79 Å². The fraction of sp³-hybridized carbons (Fsp3) is 0.516. The number of aliphatic hydroxyl groups excluding tert-OH is 8. The number of hydrogen-bond donors (Lipinski definition) is 10. The van der Waals surface area contributed by atoms with Crippen molar-refractivity contribution in [3.8, 4) is 40.1 Å². The van der Waals surface area contributed by atoms with Crippen molar-refractivity contribution in [1.82, 2.24) is 0 Å². The van der Waals surface area contributed by atoms with Gasteiger partial charge in [0.25, 0.3) is 0 Å². The summed E-state index contributed by atoms with van der Waals surface area (Å²) in [5, 5.41) is 101. The van der Waals surface area contributed by atoms with E-state index in [-0.39, 0.29) is 65.1 Å². The lowest BCUT2D eigenvalue weighted by Crippen LogP contribution is -2.61. The third-order valence-corrected chi connectivity index (χ3v) is 7.96. The highest BCUT2D eigenvalue weighted by molar-refractivity contribution is 5.88. The summed E-state index contributed by atoms with van der Waals surface area (Å²) < 4.78 is 39.3. The van der Waals surface area contributed by atoms with Gasteiger partial charge < -0.3 is 83.9 Å². The van der Waals surface area contributed by atoms with Crippen molar-refractivity contribution in [1.29, 1.82) is 0 Å². The Balaban J connectivity index is 1.53. The molecule has 10 N–H and O–H groups in total. The predicted molar refractivity (Wildman–Crippen MR) is 162 cm³/mol. The fourth-order valence-corrected chi connectivity index (χ4v) is 5.35. The molecule has 2 aromatic carbocycles. The van der Waals surface area contributed by atoms with Crippen LogP contribution in [-0.2, 0) is 14.2 Å². The molecule has 49 heavy (non-hydrogen) atoms. The van der Waals surface area contributed by atoms with Gasteiger partial charge in [0.1, 0.15) is 78.4 Å². The molecule has 2 aliphatic rings. The third-order valence-electron chi connectivity index (χ3n) is 7.96. The van der Waals surface area contributed by atoms with Crippen LogP contribution in [0.4, 0.5) is 0 Å². The summed E-state index contributed by atoms with van der Waals surface area (Å²) >= 11 is 0. The number of ether oxygens (including phenoxy) is 6. The largest absolute Gasteiger partial charge is 0.508 e. The maximum atomic E-state index is 14.1.